The van der Waals surface area contributed by atoms with E-state index in [1.54, 1.807) is 0 Å². The Morgan fingerprint density at radius 2 is 2.24 bits per heavy atom. The number of nitrogens with one attached hydrogen (secondary N) is 1. The fourth-order valence-corrected chi connectivity index (χ4v) is 2.60. The lowest BCUT2D eigenvalue weighted by molar-refractivity contribution is 0.776. The highest BCUT2D eigenvalue weighted by atomic mass is 79.9. The first-order valence-corrected chi connectivity index (χ1v) is 7.07. The third-order valence-electron chi connectivity index (χ3n) is 2.65. The number of pyridine rings is 1. The van der Waals surface area contributed by atoms with E-state index in [1.807, 2.05) is 30.5 Å². The Bertz CT molecular complexity index is 516. The molecule has 0 aliphatic heterocycles. The number of hydrogen-bond donors (Lipinski definition) is 1. The lowest BCUT2D eigenvalue weighted by Crippen LogP contribution is -2.15. The van der Waals surface area contributed by atoms with Crippen molar-refractivity contribution < 1.29 is 0 Å². The monoisotopic (exact) mass is 312 g/mol. The van der Waals surface area contributed by atoms with Gasteiger partial charge in [-0.15, -0.1) is 0 Å². The number of nitrogens with zero attached hydrogens (tertiary/aromatic N) is 1. The Morgan fingerprint density at radius 1 is 1.41 bits per heavy atom. The summed E-state index contributed by atoms with van der Waals surface area (Å²) in [7, 11) is 0. The Balaban J connectivity index is 2.34. The maximum absolute atomic E-state index is 5.96. The van der Waals surface area contributed by atoms with Crippen molar-refractivity contribution in [3.05, 3.63) is 35.5 Å². The van der Waals surface area contributed by atoms with Gasteiger partial charge in [-0.1, -0.05) is 27.5 Å². The first-order valence-electron chi connectivity index (χ1n) is 5.57. The fraction of sp³-hybridized carbons (Fsp3) is 0.308. The predicted molar refractivity (Wildman–Crippen MR) is 78.2 cm³/mol. The molecule has 2 aromatic rings. The van der Waals surface area contributed by atoms with Gasteiger partial charge in [0, 0.05) is 33.7 Å². The van der Waals surface area contributed by atoms with Crippen molar-refractivity contribution in [3.8, 4) is 0 Å². The average Bonchev–Trinajstić information content (AvgIpc) is 2.29. The lowest BCUT2D eigenvalue weighted by Gasteiger charge is -2.15. The second-order valence-corrected chi connectivity index (χ2v) is 5.27. The van der Waals surface area contributed by atoms with Crippen LogP contribution in [0.25, 0.3) is 10.9 Å². The topological polar surface area (TPSA) is 24.9 Å². The van der Waals surface area contributed by atoms with Crippen LogP contribution in [0, 0.1) is 0 Å². The molecular weight excluding hydrogens is 300 g/mol. The fourth-order valence-electron chi connectivity index (χ4n) is 1.75. The van der Waals surface area contributed by atoms with Gasteiger partial charge in [0.25, 0.3) is 0 Å². The second-order valence-electron chi connectivity index (χ2n) is 4.04. The number of aromatic nitrogens is 1. The number of halogens is 2. The zero-order valence-electron chi connectivity index (χ0n) is 9.58. The van der Waals surface area contributed by atoms with Crippen LogP contribution in [0.1, 0.15) is 13.3 Å². The van der Waals surface area contributed by atoms with E-state index >= 15 is 0 Å². The van der Waals surface area contributed by atoms with Crippen molar-refractivity contribution >= 4 is 44.1 Å². The van der Waals surface area contributed by atoms with Crippen LogP contribution in [0.5, 0.6) is 0 Å². The Morgan fingerprint density at radius 3 is 3.00 bits per heavy atom. The van der Waals surface area contributed by atoms with Crippen molar-refractivity contribution in [2.45, 2.75) is 19.4 Å². The van der Waals surface area contributed by atoms with Gasteiger partial charge in [-0.3, -0.25) is 4.98 Å². The molecule has 0 aliphatic rings. The molecule has 1 N–H and O–H groups in total. The van der Waals surface area contributed by atoms with Gasteiger partial charge in [0.2, 0.25) is 0 Å². The van der Waals surface area contributed by atoms with E-state index in [4.69, 9.17) is 11.6 Å². The molecule has 0 bridgehead atoms. The molecule has 2 rings (SSSR count). The summed E-state index contributed by atoms with van der Waals surface area (Å²) in [4.78, 5) is 4.32. The normalized spacial score (nSPS) is 12.6. The van der Waals surface area contributed by atoms with Gasteiger partial charge in [-0.25, -0.2) is 0 Å². The van der Waals surface area contributed by atoms with E-state index in [-0.39, 0.29) is 0 Å². The molecule has 90 valence electrons. The third kappa shape index (κ3) is 3.11. The summed E-state index contributed by atoms with van der Waals surface area (Å²) in [5, 5.41) is 6.32. The lowest BCUT2D eigenvalue weighted by atomic mass is 10.1. The Labute approximate surface area is 115 Å². The molecule has 0 spiro atoms. The molecule has 0 amide bonds. The highest BCUT2D eigenvalue weighted by Gasteiger charge is 2.05. The van der Waals surface area contributed by atoms with E-state index in [9.17, 15) is 0 Å². The number of alkyl halides is 1. The quantitative estimate of drug-likeness (QED) is 0.842. The van der Waals surface area contributed by atoms with Crippen molar-refractivity contribution in [3.63, 3.8) is 0 Å². The van der Waals surface area contributed by atoms with E-state index in [1.165, 1.54) is 0 Å². The zero-order valence-corrected chi connectivity index (χ0v) is 11.9. The van der Waals surface area contributed by atoms with Crippen molar-refractivity contribution in [1.82, 2.24) is 4.98 Å². The van der Waals surface area contributed by atoms with E-state index in [0.717, 1.165) is 33.4 Å². The van der Waals surface area contributed by atoms with E-state index < -0.39 is 0 Å². The molecule has 0 radical (unpaired) electrons. The number of benzene rings is 1. The SMILES string of the molecule is CC(CCBr)Nc1ccnc2cc(Cl)ccc12. The third-order valence-corrected chi connectivity index (χ3v) is 3.34. The summed E-state index contributed by atoms with van der Waals surface area (Å²) in [5.41, 5.74) is 2.04. The van der Waals surface area contributed by atoms with Crippen molar-refractivity contribution in [1.29, 1.82) is 0 Å². The predicted octanol–water partition coefficient (Wildman–Crippen LogP) is 4.47. The van der Waals surface area contributed by atoms with Gasteiger partial charge >= 0.3 is 0 Å². The van der Waals surface area contributed by atoms with Crippen LogP contribution in [0.4, 0.5) is 5.69 Å². The maximum atomic E-state index is 5.96. The molecule has 1 aromatic carbocycles. The summed E-state index contributed by atoms with van der Waals surface area (Å²) in [6, 6.07) is 8.22. The summed E-state index contributed by atoms with van der Waals surface area (Å²) < 4.78 is 0. The molecule has 1 aromatic heterocycles. The molecule has 1 atom stereocenters. The summed E-state index contributed by atoms with van der Waals surface area (Å²) in [5.74, 6) is 0. The van der Waals surface area contributed by atoms with Crippen LogP contribution >= 0.6 is 27.5 Å². The molecule has 17 heavy (non-hydrogen) atoms. The van der Waals surface area contributed by atoms with Crippen LogP contribution in [0.3, 0.4) is 0 Å². The van der Waals surface area contributed by atoms with E-state index in [0.29, 0.717) is 6.04 Å². The van der Waals surface area contributed by atoms with Crippen LogP contribution in [0.2, 0.25) is 5.02 Å². The minimum Gasteiger partial charge on any atom is -0.382 e. The van der Waals surface area contributed by atoms with Crippen LogP contribution in [-0.2, 0) is 0 Å². The Hall–Kier alpha value is -0.800. The van der Waals surface area contributed by atoms with Crippen LogP contribution in [-0.4, -0.2) is 16.4 Å². The van der Waals surface area contributed by atoms with Crippen LogP contribution < -0.4 is 5.32 Å². The van der Waals surface area contributed by atoms with Gasteiger partial charge in [0.15, 0.2) is 0 Å². The summed E-state index contributed by atoms with van der Waals surface area (Å²) >= 11 is 9.41. The smallest absolute Gasteiger partial charge is 0.0737 e. The largest absolute Gasteiger partial charge is 0.382 e. The molecule has 2 nitrogen and oxygen atoms in total. The van der Waals surface area contributed by atoms with Crippen molar-refractivity contribution in [2.75, 3.05) is 10.6 Å². The first-order chi connectivity index (χ1) is 8.20. The minimum atomic E-state index is 0.427. The molecule has 0 saturated heterocycles. The van der Waals surface area contributed by atoms with Gasteiger partial charge in [0.1, 0.15) is 0 Å². The highest BCUT2D eigenvalue weighted by Crippen LogP contribution is 2.25. The molecule has 4 heteroatoms. The average molecular weight is 314 g/mol. The summed E-state index contributed by atoms with van der Waals surface area (Å²) in [6.07, 6.45) is 2.89. The molecule has 0 saturated carbocycles. The highest BCUT2D eigenvalue weighted by molar-refractivity contribution is 9.09. The van der Waals surface area contributed by atoms with E-state index in [2.05, 4.69) is 33.2 Å². The number of anilines is 1. The zero-order chi connectivity index (χ0) is 12.3. The number of fused-ring (bicyclic) bond motifs is 1. The summed E-state index contributed by atoms with van der Waals surface area (Å²) in [6.45, 7) is 2.17. The molecule has 1 unspecified atom stereocenters. The number of rotatable bonds is 4. The van der Waals surface area contributed by atoms with Gasteiger partial charge in [-0.2, -0.15) is 0 Å². The minimum absolute atomic E-state index is 0.427. The van der Waals surface area contributed by atoms with Crippen molar-refractivity contribution in [2.24, 2.45) is 0 Å². The van der Waals surface area contributed by atoms with Crippen LogP contribution in [0.15, 0.2) is 30.5 Å². The number of hydrogen-bond acceptors (Lipinski definition) is 2. The van der Waals surface area contributed by atoms with Gasteiger partial charge in [0.05, 0.1) is 5.52 Å². The van der Waals surface area contributed by atoms with Gasteiger partial charge in [-0.05, 0) is 37.6 Å². The molecule has 0 fully saturated rings. The second kappa shape index (κ2) is 5.69. The van der Waals surface area contributed by atoms with Gasteiger partial charge < -0.3 is 5.32 Å². The molecule has 0 aliphatic carbocycles. The Kier molecular flexibility index (Phi) is 4.24. The molecular formula is C13H14BrClN2. The molecule has 1 heterocycles. The first kappa shape index (κ1) is 12.7. The maximum Gasteiger partial charge on any atom is 0.0737 e. The standard InChI is InChI=1S/C13H14BrClN2/c1-9(4-6-14)17-12-5-7-16-13-8-10(15)2-3-11(12)13/h2-3,5,7-9H,4,6H2,1H3,(H,16,17).